The SMILES string of the molecule is CC(CNc1coc2ccccc12)N1CCNCC1. The van der Waals surface area contributed by atoms with Gasteiger partial charge in [-0.25, -0.2) is 0 Å². The molecule has 1 aromatic carbocycles. The van der Waals surface area contributed by atoms with Crippen LogP contribution in [0.25, 0.3) is 11.0 Å². The van der Waals surface area contributed by atoms with Gasteiger partial charge in [-0.2, -0.15) is 0 Å². The van der Waals surface area contributed by atoms with Gasteiger partial charge in [0.1, 0.15) is 11.8 Å². The first-order chi connectivity index (χ1) is 9.34. The van der Waals surface area contributed by atoms with Crippen molar-refractivity contribution in [3.8, 4) is 0 Å². The molecule has 1 aliphatic heterocycles. The molecule has 0 aliphatic carbocycles. The van der Waals surface area contributed by atoms with Gasteiger partial charge < -0.3 is 15.1 Å². The van der Waals surface area contributed by atoms with Crippen molar-refractivity contribution in [2.24, 2.45) is 0 Å². The monoisotopic (exact) mass is 259 g/mol. The van der Waals surface area contributed by atoms with Gasteiger partial charge in [0.15, 0.2) is 0 Å². The van der Waals surface area contributed by atoms with Crippen LogP contribution >= 0.6 is 0 Å². The number of anilines is 1. The third kappa shape index (κ3) is 2.74. The van der Waals surface area contributed by atoms with E-state index < -0.39 is 0 Å². The van der Waals surface area contributed by atoms with Crippen LogP contribution in [0, 0.1) is 0 Å². The molecule has 19 heavy (non-hydrogen) atoms. The van der Waals surface area contributed by atoms with Crippen LogP contribution in [0.4, 0.5) is 5.69 Å². The van der Waals surface area contributed by atoms with Crippen molar-refractivity contribution in [3.05, 3.63) is 30.5 Å². The molecule has 102 valence electrons. The third-order valence-corrected chi connectivity index (χ3v) is 3.84. The van der Waals surface area contributed by atoms with Crippen molar-refractivity contribution in [2.45, 2.75) is 13.0 Å². The molecule has 1 fully saturated rings. The first-order valence-electron chi connectivity index (χ1n) is 6.99. The standard InChI is InChI=1S/C15H21N3O/c1-12(18-8-6-16-7-9-18)10-17-14-11-19-15-5-3-2-4-13(14)15/h2-5,11-12,16-17H,6-10H2,1H3. The molecule has 0 bridgehead atoms. The fourth-order valence-corrected chi connectivity index (χ4v) is 2.62. The maximum absolute atomic E-state index is 5.54. The van der Waals surface area contributed by atoms with Gasteiger partial charge in [0, 0.05) is 44.2 Å². The summed E-state index contributed by atoms with van der Waals surface area (Å²) in [4.78, 5) is 2.52. The average molecular weight is 259 g/mol. The van der Waals surface area contributed by atoms with Crippen LogP contribution in [0.1, 0.15) is 6.92 Å². The lowest BCUT2D eigenvalue weighted by Crippen LogP contribution is -2.49. The zero-order valence-electron chi connectivity index (χ0n) is 11.4. The topological polar surface area (TPSA) is 40.4 Å². The molecule has 4 nitrogen and oxygen atoms in total. The van der Waals surface area contributed by atoms with Crippen LogP contribution in [-0.2, 0) is 0 Å². The Kier molecular flexibility index (Phi) is 3.71. The number of nitrogens with one attached hydrogen (secondary N) is 2. The minimum absolute atomic E-state index is 0.538. The summed E-state index contributed by atoms with van der Waals surface area (Å²) >= 11 is 0. The second kappa shape index (κ2) is 5.63. The van der Waals surface area contributed by atoms with E-state index >= 15 is 0 Å². The van der Waals surface area contributed by atoms with Crippen LogP contribution in [0.15, 0.2) is 34.9 Å². The number of rotatable bonds is 4. The number of hydrogen-bond acceptors (Lipinski definition) is 4. The molecule has 0 amide bonds. The number of piperazine rings is 1. The number of fused-ring (bicyclic) bond motifs is 1. The second-order valence-electron chi connectivity index (χ2n) is 5.16. The Morgan fingerprint density at radius 3 is 2.95 bits per heavy atom. The fourth-order valence-electron chi connectivity index (χ4n) is 2.62. The van der Waals surface area contributed by atoms with Crippen LogP contribution in [0.2, 0.25) is 0 Å². The predicted octanol–water partition coefficient (Wildman–Crippen LogP) is 2.14. The number of hydrogen-bond donors (Lipinski definition) is 2. The molecule has 1 aliphatic rings. The highest BCUT2D eigenvalue weighted by Gasteiger charge is 2.16. The molecule has 1 aromatic heterocycles. The van der Waals surface area contributed by atoms with Gasteiger partial charge in [-0.05, 0) is 19.1 Å². The molecule has 1 unspecified atom stereocenters. The van der Waals surface area contributed by atoms with E-state index in [0.717, 1.165) is 49.4 Å². The first-order valence-corrected chi connectivity index (χ1v) is 6.99. The maximum atomic E-state index is 5.54. The Bertz CT molecular complexity index is 531. The van der Waals surface area contributed by atoms with Crippen LogP contribution < -0.4 is 10.6 Å². The highest BCUT2D eigenvalue weighted by atomic mass is 16.3. The lowest BCUT2D eigenvalue weighted by molar-refractivity contribution is 0.191. The molecule has 3 rings (SSSR count). The van der Waals surface area contributed by atoms with Crippen molar-refractivity contribution in [2.75, 3.05) is 38.0 Å². The van der Waals surface area contributed by atoms with Gasteiger partial charge in [0.25, 0.3) is 0 Å². The van der Waals surface area contributed by atoms with E-state index in [9.17, 15) is 0 Å². The normalized spacial score (nSPS) is 18.6. The molecule has 2 heterocycles. The summed E-state index contributed by atoms with van der Waals surface area (Å²) in [5, 5.41) is 8.06. The quantitative estimate of drug-likeness (QED) is 0.882. The van der Waals surface area contributed by atoms with E-state index in [0.29, 0.717) is 6.04 Å². The van der Waals surface area contributed by atoms with Gasteiger partial charge in [-0.1, -0.05) is 12.1 Å². The summed E-state index contributed by atoms with van der Waals surface area (Å²) < 4.78 is 5.54. The third-order valence-electron chi connectivity index (χ3n) is 3.84. The fraction of sp³-hybridized carbons (Fsp3) is 0.467. The molecule has 2 N–H and O–H groups in total. The Morgan fingerprint density at radius 2 is 2.11 bits per heavy atom. The maximum Gasteiger partial charge on any atom is 0.136 e. The molecule has 1 atom stereocenters. The Morgan fingerprint density at radius 1 is 1.32 bits per heavy atom. The first kappa shape index (κ1) is 12.5. The number of benzene rings is 1. The zero-order valence-corrected chi connectivity index (χ0v) is 11.4. The smallest absolute Gasteiger partial charge is 0.136 e. The van der Waals surface area contributed by atoms with Crippen molar-refractivity contribution in [1.29, 1.82) is 0 Å². The molecule has 4 heteroatoms. The van der Waals surface area contributed by atoms with Crippen LogP contribution in [0.3, 0.4) is 0 Å². The van der Waals surface area contributed by atoms with E-state index in [4.69, 9.17) is 4.42 Å². The van der Waals surface area contributed by atoms with Gasteiger partial charge >= 0.3 is 0 Å². The van der Waals surface area contributed by atoms with E-state index in [2.05, 4.69) is 28.5 Å². The molecule has 0 saturated carbocycles. The largest absolute Gasteiger partial charge is 0.462 e. The summed E-state index contributed by atoms with van der Waals surface area (Å²) in [6.45, 7) is 7.69. The second-order valence-corrected chi connectivity index (χ2v) is 5.16. The molecule has 1 saturated heterocycles. The van der Waals surface area contributed by atoms with Crippen molar-refractivity contribution in [1.82, 2.24) is 10.2 Å². The van der Waals surface area contributed by atoms with E-state index in [1.165, 1.54) is 0 Å². The van der Waals surface area contributed by atoms with Gasteiger partial charge in [-0.3, -0.25) is 4.90 Å². The molecule has 0 spiro atoms. The minimum atomic E-state index is 0.538. The van der Waals surface area contributed by atoms with Crippen molar-refractivity contribution >= 4 is 16.7 Å². The lowest BCUT2D eigenvalue weighted by atomic mass is 10.2. The van der Waals surface area contributed by atoms with Crippen molar-refractivity contribution in [3.63, 3.8) is 0 Å². The minimum Gasteiger partial charge on any atom is -0.462 e. The zero-order chi connectivity index (χ0) is 13.1. The highest BCUT2D eigenvalue weighted by Crippen LogP contribution is 2.25. The number of furan rings is 1. The Labute approximate surface area is 113 Å². The predicted molar refractivity (Wildman–Crippen MR) is 78.6 cm³/mol. The summed E-state index contributed by atoms with van der Waals surface area (Å²) in [6.07, 6.45) is 1.81. The Balaban J connectivity index is 1.62. The molecule has 0 radical (unpaired) electrons. The number of nitrogens with zero attached hydrogens (tertiary/aromatic N) is 1. The van der Waals surface area contributed by atoms with Crippen LogP contribution in [-0.4, -0.2) is 43.7 Å². The molecular weight excluding hydrogens is 238 g/mol. The average Bonchev–Trinajstić information content (AvgIpc) is 2.89. The summed E-state index contributed by atoms with van der Waals surface area (Å²) in [6, 6.07) is 8.68. The highest BCUT2D eigenvalue weighted by molar-refractivity contribution is 5.90. The van der Waals surface area contributed by atoms with E-state index in [1.54, 1.807) is 0 Å². The molecular formula is C15H21N3O. The molecule has 2 aromatic rings. The van der Waals surface area contributed by atoms with Crippen molar-refractivity contribution < 1.29 is 4.42 Å². The van der Waals surface area contributed by atoms with Gasteiger partial charge in [-0.15, -0.1) is 0 Å². The van der Waals surface area contributed by atoms with Gasteiger partial charge in [0.05, 0.1) is 5.69 Å². The lowest BCUT2D eigenvalue weighted by Gasteiger charge is -2.32. The number of para-hydroxylation sites is 1. The van der Waals surface area contributed by atoms with Gasteiger partial charge in [0.2, 0.25) is 0 Å². The van der Waals surface area contributed by atoms with Crippen LogP contribution in [0.5, 0.6) is 0 Å². The summed E-state index contributed by atoms with van der Waals surface area (Å²) in [5.41, 5.74) is 2.04. The van der Waals surface area contributed by atoms with E-state index in [-0.39, 0.29) is 0 Å². The summed E-state index contributed by atoms with van der Waals surface area (Å²) in [5.74, 6) is 0. The van der Waals surface area contributed by atoms with E-state index in [1.807, 2.05) is 24.5 Å². The summed E-state index contributed by atoms with van der Waals surface area (Å²) in [7, 11) is 0. The Hall–Kier alpha value is -1.52.